The molecule has 0 spiro atoms. The summed E-state index contributed by atoms with van der Waals surface area (Å²) in [5, 5.41) is 10.9. The Kier molecular flexibility index (Phi) is 4.19. The van der Waals surface area contributed by atoms with Crippen LogP contribution in [0.25, 0.3) is 33.6 Å². The summed E-state index contributed by atoms with van der Waals surface area (Å²) in [5.74, 6) is 0.591. The second kappa shape index (κ2) is 7.14. The van der Waals surface area contributed by atoms with Crippen LogP contribution in [0.5, 0.6) is 0 Å². The average Bonchev–Trinajstić information content (AvgIpc) is 3.34. The SMILES string of the molecule is N#CC(=Cc1cn(Cc2ccccc2)c2ccccc12)c1nc2ccccc2[nH]1. The van der Waals surface area contributed by atoms with Crippen LogP contribution < -0.4 is 0 Å². The summed E-state index contributed by atoms with van der Waals surface area (Å²) in [4.78, 5) is 7.83. The first kappa shape index (κ1) is 17.0. The van der Waals surface area contributed by atoms with Gasteiger partial charge in [0, 0.05) is 29.2 Å². The number of benzene rings is 3. The number of aromatic nitrogens is 3. The molecule has 3 aromatic carbocycles. The molecule has 2 heterocycles. The molecule has 0 bridgehead atoms. The minimum Gasteiger partial charge on any atom is -0.342 e. The van der Waals surface area contributed by atoms with Gasteiger partial charge in [0.25, 0.3) is 0 Å². The van der Waals surface area contributed by atoms with E-state index in [1.54, 1.807) is 0 Å². The molecule has 4 nitrogen and oxygen atoms in total. The number of rotatable bonds is 4. The molecule has 138 valence electrons. The summed E-state index contributed by atoms with van der Waals surface area (Å²) in [6.07, 6.45) is 4.03. The van der Waals surface area contributed by atoms with Crippen molar-refractivity contribution in [2.45, 2.75) is 6.54 Å². The summed E-state index contributed by atoms with van der Waals surface area (Å²) < 4.78 is 2.23. The van der Waals surface area contributed by atoms with Gasteiger partial charge in [0.2, 0.25) is 0 Å². The number of nitriles is 1. The largest absolute Gasteiger partial charge is 0.342 e. The quantitative estimate of drug-likeness (QED) is 0.415. The second-order valence-corrected chi connectivity index (χ2v) is 6.99. The average molecular weight is 374 g/mol. The van der Waals surface area contributed by atoms with E-state index in [4.69, 9.17) is 0 Å². The van der Waals surface area contributed by atoms with E-state index < -0.39 is 0 Å². The summed E-state index contributed by atoms with van der Waals surface area (Å²) in [5.41, 5.74) is 5.69. The van der Waals surface area contributed by atoms with Crippen LogP contribution in [-0.2, 0) is 6.54 Å². The maximum atomic E-state index is 9.79. The number of para-hydroxylation sites is 3. The predicted molar refractivity (Wildman–Crippen MR) is 117 cm³/mol. The third-order valence-electron chi connectivity index (χ3n) is 5.08. The topological polar surface area (TPSA) is 57.4 Å². The Morgan fingerprint density at radius 3 is 2.55 bits per heavy atom. The number of imidazole rings is 1. The molecule has 0 atom stereocenters. The van der Waals surface area contributed by atoms with Crippen LogP contribution in [0.4, 0.5) is 0 Å². The highest BCUT2D eigenvalue weighted by molar-refractivity contribution is 5.98. The smallest absolute Gasteiger partial charge is 0.149 e. The molecule has 5 rings (SSSR count). The molecular formula is C25H18N4. The predicted octanol–water partition coefficient (Wildman–Crippen LogP) is 5.63. The lowest BCUT2D eigenvalue weighted by Gasteiger charge is -2.05. The van der Waals surface area contributed by atoms with E-state index in [9.17, 15) is 5.26 Å². The van der Waals surface area contributed by atoms with Gasteiger partial charge >= 0.3 is 0 Å². The number of hydrogen-bond acceptors (Lipinski definition) is 2. The summed E-state index contributed by atoms with van der Waals surface area (Å²) in [6.45, 7) is 0.779. The zero-order valence-electron chi connectivity index (χ0n) is 15.7. The molecule has 5 aromatic rings. The van der Waals surface area contributed by atoms with Gasteiger partial charge < -0.3 is 9.55 Å². The monoisotopic (exact) mass is 374 g/mol. The number of nitrogens with zero attached hydrogens (tertiary/aromatic N) is 3. The van der Waals surface area contributed by atoms with Crippen molar-refractivity contribution in [3.8, 4) is 6.07 Å². The van der Waals surface area contributed by atoms with E-state index in [0.717, 1.165) is 34.0 Å². The number of aromatic amines is 1. The number of hydrogen-bond donors (Lipinski definition) is 1. The highest BCUT2D eigenvalue weighted by atomic mass is 15.0. The fourth-order valence-corrected chi connectivity index (χ4v) is 3.69. The molecule has 0 aliphatic heterocycles. The van der Waals surface area contributed by atoms with Gasteiger partial charge in [0.05, 0.1) is 16.6 Å². The fourth-order valence-electron chi connectivity index (χ4n) is 3.69. The van der Waals surface area contributed by atoms with Crippen LogP contribution in [0, 0.1) is 11.3 Å². The molecule has 2 aromatic heterocycles. The first-order valence-corrected chi connectivity index (χ1v) is 9.50. The highest BCUT2D eigenvalue weighted by Gasteiger charge is 2.11. The van der Waals surface area contributed by atoms with Crippen LogP contribution in [0.1, 0.15) is 17.0 Å². The molecule has 0 unspecified atom stereocenters. The molecular weight excluding hydrogens is 356 g/mol. The second-order valence-electron chi connectivity index (χ2n) is 6.99. The normalized spacial score (nSPS) is 11.8. The lowest BCUT2D eigenvalue weighted by atomic mass is 10.1. The van der Waals surface area contributed by atoms with Gasteiger partial charge in [-0.15, -0.1) is 0 Å². The van der Waals surface area contributed by atoms with E-state index in [2.05, 4.69) is 63.2 Å². The molecule has 29 heavy (non-hydrogen) atoms. The van der Waals surface area contributed by atoms with Crippen LogP contribution in [0.2, 0.25) is 0 Å². The fraction of sp³-hybridized carbons (Fsp3) is 0.0400. The van der Waals surface area contributed by atoms with Crippen molar-refractivity contribution in [1.29, 1.82) is 5.26 Å². The molecule has 0 saturated heterocycles. The Labute approximate surface area is 168 Å². The third-order valence-corrected chi connectivity index (χ3v) is 5.08. The zero-order valence-corrected chi connectivity index (χ0v) is 15.7. The van der Waals surface area contributed by atoms with Gasteiger partial charge in [-0.25, -0.2) is 4.98 Å². The molecule has 0 fully saturated rings. The Bertz CT molecular complexity index is 1350. The molecule has 0 aliphatic rings. The van der Waals surface area contributed by atoms with Crippen molar-refractivity contribution < 1.29 is 0 Å². The summed E-state index contributed by atoms with van der Waals surface area (Å²) in [6, 6.07) is 28.8. The standard InChI is InChI=1S/C25H18N4/c26-15-19(25-27-22-11-5-6-12-23(22)28-25)14-20-17-29(16-18-8-2-1-3-9-18)24-13-7-4-10-21(20)24/h1-14,17H,16H2,(H,27,28). The molecule has 0 saturated carbocycles. The van der Waals surface area contributed by atoms with E-state index in [1.165, 1.54) is 5.56 Å². The Morgan fingerprint density at radius 2 is 1.72 bits per heavy atom. The van der Waals surface area contributed by atoms with E-state index in [0.29, 0.717) is 11.4 Å². The molecule has 0 radical (unpaired) electrons. The van der Waals surface area contributed by atoms with Crippen molar-refractivity contribution in [1.82, 2.24) is 14.5 Å². The van der Waals surface area contributed by atoms with Crippen molar-refractivity contribution in [3.63, 3.8) is 0 Å². The number of fused-ring (bicyclic) bond motifs is 2. The van der Waals surface area contributed by atoms with E-state index in [1.807, 2.05) is 48.5 Å². The molecule has 4 heteroatoms. The van der Waals surface area contributed by atoms with Crippen molar-refractivity contribution in [2.24, 2.45) is 0 Å². The zero-order chi connectivity index (χ0) is 19.6. The van der Waals surface area contributed by atoms with Gasteiger partial charge in [-0.1, -0.05) is 60.7 Å². The maximum absolute atomic E-state index is 9.79. The Balaban J connectivity index is 1.61. The first-order valence-electron chi connectivity index (χ1n) is 9.50. The van der Waals surface area contributed by atoms with Crippen molar-refractivity contribution in [2.75, 3.05) is 0 Å². The first-order chi connectivity index (χ1) is 14.3. The highest BCUT2D eigenvalue weighted by Crippen LogP contribution is 2.27. The van der Waals surface area contributed by atoms with Crippen LogP contribution >= 0.6 is 0 Å². The number of allylic oxidation sites excluding steroid dienone is 1. The van der Waals surface area contributed by atoms with Gasteiger partial charge in [0.1, 0.15) is 11.9 Å². The third kappa shape index (κ3) is 3.19. The molecule has 0 aliphatic carbocycles. The van der Waals surface area contributed by atoms with Gasteiger partial charge in [-0.05, 0) is 29.8 Å². The van der Waals surface area contributed by atoms with Gasteiger partial charge in [-0.2, -0.15) is 5.26 Å². The van der Waals surface area contributed by atoms with Crippen LogP contribution in [-0.4, -0.2) is 14.5 Å². The Morgan fingerprint density at radius 1 is 0.966 bits per heavy atom. The van der Waals surface area contributed by atoms with Gasteiger partial charge in [0.15, 0.2) is 0 Å². The van der Waals surface area contributed by atoms with Crippen LogP contribution in [0.15, 0.2) is 85.1 Å². The summed E-state index contributed by atoms with van der Waals surface area (Å²) in [7, 11) is 0. The van der Waals surface area contributed by atoms with Crippen molar-refractivity contribution >= 4 is 33.6 Å². The van der Waals surface area contributed by atoms with Gasteiger partial charge in [-0.3, -0.25) is 0 Å². The summed E-state index contributed by atoms with van der Waals surface area (Å²) >= 11 is 0. The van der Waals surface area contributed by atoms with E-state index >= 15 is 0 Å². The molecule has 0 amide bonds. The van der Waals surface area contributed by atoms with Crippen LogP contribution in [0.3, 0.4) is 0 Å². The minimum atomic E-state index is 0.517. The maximum Gasteiger partial charge on any atom is 0.149 e. The lowest BCUT2D eigenvalue weighted by molar-refractivity contribution is 0.836. The lowest BCUT2D eigenvalue weighted by Crippen LogP contribution is -1.97. The Hall–Kier alpha value is -4.10. The molecule has 1 N–H and O–H groups in total. The van der Waals surface area contributed by atoms with Crippen molar-refractivity contribution in [3.05, 3.63) is 102 Å². The number of H-pyrrole nitrogens is 1. The minimum absolute atomic E-state index is 0.517. The number of nitrogens with one attached hydrogen (secondary N) is 1. The van der Waals surface area contributed by atoms with E-state index in [-0.39, 0.29) is 0 Å².